The van der Waals surface area contributed by atoms with Crippen LogP contribution in [0.5, 0.6) is 0 Å². The highest BCUT2D eigenvalue weighted by atomic mass is 35.5. The van der Waals surface area contributed by atoms with Crippen LogP contribution in [0.4, 0.5) is 5.69 Å². The van der Waals surface area contributed by atoms with E-state index in [9.17, 15) is 0 Å². The minimum absolute atomic E-state index is 0.674. The van der Waals surface area contributed by atoms with Crippen molar-refractivity contribution in [3.63, 3.8) is 0 Å². The SMILES string of the molecule is Clc1ccc(NCc2nn3c4c(c(-c5ccccc5)cn24)CCCC3)cc1. The lowest BCUT2D eigenvalue weighted by Crippen LogP contribution is -2.05. The van der Waals surface area contributed by atoms with Gasteiger partial charge in [-0.25, -0.2) is 4.68 Å². The summed E-state index contributed by atoms with van der Waals surface area (Å²) >= 11 is 5.98. The summed E-state index contributed by atoms with van der Waals surface area (Å²) in [6.07, 6.45) is 5.75. The molecule has 136 valence electrons. The highest BCUT2D eigenvalue weighted by Gasteiger charge is 2.21. The van der Waals surface area contributed by atoms with Crippen LogP contribution in [0.15, 0.2) is 60.8 Å². The highest BCUT2D eigenvalue weighted by molar-refractivity contribution is 6.30. The molecule has 0 saturated heterocycles. The first-order valence-corrected chi connectivity index (χ1v) is 9.82. The molecule has 0 aliphatic carbocycles. The Morgan fingerprint density at radius 2 is 1.81 bits per heavy atom. The molecule has 0 atom stereocenters. The van der Waals surface area contributed by atoms with E-state index in [-0.39, 0.29) is 0 Å². The number of hydrogen-bond donors (Lipinski definition) is 1. The Kier molecular flexibility index (Phi) is 4.13. The number of aryl methyl sites for hydroxylation is 2. The Morgan fingerprint density at radius 1 is 1.00 bits per heavy atom. The number of aromatic nitrogens is 3. The number of benzene rings is 2. The smallest absolute Gasteiger partial charge is 0.154 e. The summed E-state index contributed by atoms with van der Waals surface area (Å²) in [6.45, 7) is 1.66. The topological polar surface area (TPSA) is 34.3 Å². The molecule has 3 heterocycles. The van der Waals surface area contributed by atoms with Crippen LogP contribution in [0.2, 0.25) is 5.02 Å². The Labute approximate surface area is 163 Å². The summed E-state index contributed by atoms with van der Waals surface area (Å²) in [5.74, 6) is 1.03. The second-order valence-corrected chi connectivity index (χ2v) is 7.47. The summed E-state index contributed by atoms with van der Waals surface area (Å²) in [6, 6.07) is 18.5. The molecule has 1 aliphatic heterocycles. The molecule has 0 bridgehead atoms. The van der Waals surface area contributed by atoms with Crippen LogP contribution in [0.1, 0.15) is 24.2 Å². The van der Waals surface area contributed by atoms with Gasteiger partial charge in [-0.2, -0.15) is 5.10 Å². The van der Waals surface area contributed by atoms with Gasteiger partial charge in [0.2, 0.25) is 0 Å². The Hall–Kier alpha value is -2.72. The van der Waals surface area contributed by atoms with Crippen molar-refractivity contribution in [1.82, 2.24) is 14.2 Å². The fourth-order valence-electron chi connectivity index (χ4n) is 3.95. The molecule has 1 aliphatic rings. The first-order chi connectivity index (χ1) is 13.3. The van der Waals surface area contributed by atoms with Crippen molar-refractivity contribution < 1.29 is 0 Å². The summed E-state index contributed by atoms with van der Waals surface area (Å²) in [4.78, 5) is 0. The van der Waals surface area contributed by atoms with Gasteiger partial charge in [-0.15, -0.1) is 0 Å². The monoisotopic (exact) mass is 376 g/mol. The maximum atomic E-state index is 5.98. The van der Waals surface area contributed by atoms with Gasteiger partial charge in [-0.1, -0.05) is 41.9 Å². The molecular formula is C22H21ClN4. The number of halogens is 1. The lowest BCUT2D eigenvalue weighted by molar-refractivity contribution is 0.583. The van der Waals surface area contributed by atoms with Gasteiger partial charge in [0.15, 0.2) is 5.82 Å². The molecule has 27 heavy (non-hydrogen) atoms. The van der Waals surface area contributed by atoms with Gasteiger partial charge >= 0.3 is 0 Å². The molecule has 1 N–H and O–H groups in total. The van der Waals surface area contributed by atoms with Crippen LogP contribution in [0.3, 0.4) is 0 Å². The standard InChI is InChI=1S/C22H21ClN4/c23-17-9-11-18(12-10-17)24-14-21-25-27-13-5-4-8-19-20(15-26(21)22(19)27)16-6-2-1-3-7-16/h1-3,6-7,9-12,15,24H,4-5,8,13-14H2. The van der Waals surface area contributed by atoms with Gasteiger partial charge < -0.3 is 5.32 Å². The fourth-order valence-corrected chi connectivity index (χ4v) is 4.07. The fraction of sp³-hybridized carbons (Fsp3) is 0.227. The molecular weight excluding hydrogens is 356 g/mol. The number of anilines is 1. The third kappa shape index (κ3) is 3.00. The Bertz CT molecular complexity index is 1080. The lowest BCUT2D eigenvalue weighted by atomic mass is 10.0. The van der Waals surface area contributed by atoms with Gasteiger partial charge in [0, 0.05) is 34.6 Å². The molecule has 2 aromatic carbocycles. The number of rotatable bonds is 4. The predicted molar refractivity (Wildman–Crippen MR) is 110 cm³/mol. The molecule has 0 radical (unpaired) electrons. The molecule has 5 heteroatoms. The summed E-state index contributed by atoms with van der Waals surface area (Å²) in [5.41, 5.74) is 6.32. The van der Waals surface area contributed by atoms with Gasteiger partial charge in [0.05, 0.1) is 6.54 Å². The van der Waals surface area contributed by atoms with E-state index in [0.717, 1.165) is 29.5 Å². The molecule has 0 spiro atoms. The van der Waals surface area contributed by atoms with Crippen LogP contribution in [-0.4, -0.2) is 14.2 Å². The van der Waals surface area contributed by atoms with Gasteiger partial charge in [-0.3, -0.25) is 4.40 Å². The maximum Gasteiger partial charge on any atom is 0.154 e. The Morgan fingerprint density at radius 3 is 2.63 bits per heavy atom. The zero-order valence-electron chi connectivity index (χ0n) is 15.0. The van der Waals surface area contributed by atoms with Gasteiger partial charge in [0.25, 0.3) is 0 Å². The van der Waals surface area contributed by atoms with Crippen molar-refractivity contribution >= 4 is 22.9 Å². The minimum Gasteiger partial charge on any atom is -0.378 e. The van der Waals surface area contributed by atoms with E-state index in [1.54, 1.807) is 0 Å². The average molecular weight is 377 g/mol. The number of nitrogens with zero attached hydrogens (tertiary/aromatic N) is 3. The summed E-state index contributed by atoms with van der Waals surface area (Å²) < 4.78 is 4.46. The predicted octanol–water partition coefficient (Wildman–Crippen LogP) is 5.40. The van der Waals surface area contributed by atoms with Crippen molar-refractivity contribution in [1.29, 1.82) is 0 Å². The quantitative estimate of drug-likeness (QED) is 0.517. The van der Waals surface area contributed by atoms with Crippen molar-refractivity contribution in [2.75, 3.05) is 5.32 Å². The summed E-state index contributed by atoms with van der Waals surface area (Å²) in [5, 5.41) is 9.11. The van der Waals surface area contributed by atoms with E-state index < -0.39 is 0 Å². The number of nitrogens with one attached hydrogen (secondary N) is 1. The van der Waals surface area contributed by atoms with Crippen molar-refractivity contribution in [3.8, 4) is 11.1 Å². The van der Waals surface area contributed by atoms with E-state index >= 15 is 0 Å². The second-order valence-electron chi connectivity index (χ2n) is 7.04. The van der Waals surface area contributed by atoms with E-state index in [1.165, 1.54) is 35.2 Å². The number of hydrogen-bond acceptors (Lipinski definition) is 2. The minimum atomic E-state index is 0.674. The van der Waals surface area contributed by atoms with Crippen LogP contribution in [0, 0.1) is 0 Å². The second kappa shape index (κ2) is 6.78. The Balaban J connectivity index is 1.55. The largest absolute Gasteiger partial charge is 0.378 e. The van der Waals surface area contributed by atoms with E-state index in [2.05, 4.69) is 50.9 Å². The average Bonchev–Trinajstić information content (AvgIpc) is 3.15. The third-order valence-electron chi connectivity index (χ3n) is 5.27. The molecule has 0 unspecified atom stereocenters. The van der Waals surface area contributed by atoms with Gasteiger partial charge in [-0.05, 0) is 49.1 Å². The molecule has 0 fully saturated rings. The van der Waals surface area contributed by atoms with Gasteiger partial charge in [0.1, 0.15) is 5.65 Å². The van der Waals surface area contributed by atoms with Crippen molar-refractivity contribution in [3.05, 3.63) is 77.2 Å². The van der Waals surface area contributed by atoms with Crippen LogP contribution in [-0.2, 0) is 19.5 Å². The molecule has 4 aromatic rings. The zero-order valence-corrected chi connectivity index (χ0v) is 15.8. The maximum absolute atomic E-state index is 5.98. The van der Waals surface area contributed by atoms with Crippen LogP contribution in [0.25, 0.3) is 16.8 Å². The summed E-state index contributed by atoms with van der Waals surface area (Å²) in [7, 11) is 0. The molecule has 2 aromatic heterocycles. The molecule has 0 saturated carbocycles. The lowest BCUT2D eigenvalue weighted by Gasteiger charge is -2.05. The van der Waals surface area contributed by atoms with E-state index in [4.69, 9.17) is 16.7 Å². The normalized spacial score (nSPS) is 13.7. The van der Waals surface area contributed by atoms with Crippen LogP contribution < -0.4 is 5.32 Å². The zero-order chi connectivity index (χ0) is 18.2. The third-order valence-corrected chi connectivity index (χ3v) is 5.52. The highest BCUT2D eigenvalue weighted by Crippen LogP contribution is 2.33. The van der Waals surface area contributed by atoms with Crippen LogP contribution >= 0.6 is 11.6 Å². The first kappa shape index (κ1) is 16.5. The van der Waals surface area contributed by atoms with Crippen molar-refractivity contribution in [2.45, 2.75) is 32.4 Å². The van der Waals surface area contributed by atoms with E-state index in [0.29, 0.717) is 6.54 Å². The van der Waals surface area contributed by atoms with Crippen molar-refractivity contribution in [2.24, 2.45) is 0 Å². The molecule has 4 nitrogen and oxygen atoms in total. The van der Waals surface area contributed by atoms with E-state index in [1.807, 2.05) is 24.3 Å². The molecule has 0 amide bonds. The molecule has 5 rings (SSSR count). The first-order valence-electron chi connectivity index (χ1n) is 9.44.